The van der Waals surface area contributed by atoms with Crippen LogP contribution in [0.15, 0.2) is 60.9 Å². The minimum atomic E-state index is -0.212. The van der Waals surface area contributed by atoms with Crippen LogP contribution in [0.4, 0.5) is 5.69 Å². The van der Waals surface area contributed by atoms with E-state index in [4.69, 9.17) is 0 Å². The number of benzene rings is 2. The van der Waals surface area contributed by atoms with Crippen LogP contribution in [-0.2, 0) is 6.54 Å². The van der Waals surface area contributed by atoms with E-state index >= 15 is 0 Å². The molecule has 30 heavy (non-hydrogen) atoms. The predicted molar refractivity (Wildman–Crippen MR) is 114 cm³/mol. The summed E-state index contributed by atoms with van der Waals surface area (Å²) in [5.74, 6) is 0.418. The van der Waals surface area contributed by atoms with Gasteiger partial charge in [-0.25, -0.2) is 4.68 Å². The van der Waals surface area contributed by atoms with Crippen molar-refractivity contribution < 1.29 is 4.79 Å². The lowest BCUT2D eigenvalue weighted by Gasteiger charge is -2.09. The number of nitrogens with zero attached hydrogens (tertiary/aromatic N) is 6. The Balaban J connectivity index is 1.48. The summed E-state index contributed by atoms with van der Waals surface area (Å²) < 4.78 is 3.53. The summed E-state index contributed by atoms with van der Waals surface area (Å²) in [6, 6.07) is 15.7. The summed E-state index contributed by atoms with van der Waals surface area (Å²) in [5, 5.41) is 19.1. The molecule has 0 unspecified atom stereocenters. The van der Waals surface area contributed by atoms with Crippen LogP contribution in [0, 0.1) is 6.92 Å². The van der Waals surface area contributed by atoms with Crippen LogP contribution < -0.4 is 5.32 Å². The number of aryl methyl sites for hydroxylation is 1. The highest BCUT2D eigenvalue weighted by Gasteiger charge is 2.14. The van der Waals surface area contributed by atoms with Crippen molar-refractivity contribution in [3.05, 3.63) is 77.6 Å². The van der Waals surface area contributed by atoms with Gasteiger partial charge in [-0.15, -0.1) is 5.10 Å². The molecule has 8 heteroatoms. The SMILES string of the molecule is Cc1cccc(Cn2cc(NC(=O)c3cccc(-c4nnnn4C(C)C)c3)cn2)c1. The smallest absolute Gasteiger partial charge is 0.255 e. The third kappa shape index (κ3) is 4.27. The van der Waals surface area contributed by atoms with Gasteiger partial charge in [0.1, 0.15) is 0 Å². The Morgan fingerprint density at radius 3 is 2.77 bits per heavy atom. The number of carbonyl (C=O) groups is 1. The van der Waals surface area contributed by atoms with Crippen molar-refractivity contribution in [3.63, 3.8) is 0 Å². The molecule has 0 aliphatic rings. The fraction of sp³-hybridized carbons (Fsp3) is 0.227. The Hall–Kier alpha value is -3.81. The molecule has 152 valence electrons. The first-order chi connectivity index (χ1) is 14.5. The van der Waals surface area contributed by atoms with Gasteiger partial charge in [-0.2, -0.15) is 5.10 Å². The zero-order valence-corrected chi connectivity index (χ0v) is 17.1. The molecule has 0 radical (unpaired) electrons. The summed E-state index contributed by atoms with van der Waals surface area (Å²) in [7, 11) is 0. The molecule has 0 saturated heterocycles. The second kappa shape index (κ2) is 8.28. The first-order valence-corrected chi connectivity index (χ1v) is 9.77. The van der Waals surface area contributed by atoms with Crippen LogP contribution in [0.25, 0.3) is 11.4 Å². The van der Waals surface area contributed by atoms with E-state index in [2.05, 4.69) is 51.1 Å². The van der Waals surface area contributed by atoms with Crippen molar-refractivity contribution >= 4 is 11.6 Å². The van der Waals surface area contributed by atoms with E-state index in [9.17, 15) is 4.79 Å². The molecule has 0 fully saturated rings. The number of nitrogens with one attached hydrogen (secondary N) is 1. The van der Waals surface area contributed by atoms with Gasteiger partial charge in [0.05, 0.1) is 24.5 Å². The lowest BCUT2D eigenvalue weighted by atomic mass is 10.1. The molecule has 1 N–H and O–H groups in total. The molecule has 0 bridgehead atoms. The molecule has 8 nitrogen and oxygen atoms in total. The number of hydrogen-bond acceptors (Lipinski definition) is 5. The monoisotopic (exact) mass is 401 g/mol. The Morgan fingerprint density at radius 2 is 1.97 bits per heavy atom. The standard InChI is InChI=1S/C22H23N7O/c1-15(2)29-21(25-26-27-29)18-8-5-9-19(11-18)22(30)24-20-12-23-28(14-20)13-17-7-4-6-16(3)10-17/h4-12,14-15H,13H2,1-3H3,(H,24,30). The third-order valence-electron chi connectivity index (χ3n) is 4.68. The Bertz CT molecular complexity index is 1180. The zero-order valence-electron chi connectivity index (χ0n) is 17.1. The van der Waals surface area contributed by atoms with E-state index < -0.39 is 0 Å². The Morgan fingerprint density at radius 1 is 1.13 bits per heavy atom. The fourth-order valence-corrected chi connectivity index (χ4v) is 3.25. The molecular weight excluding hydrogens is 378 g/mol. The number of tetrazole rings is 1. The first kappa shape index (κ1) is 19.5. The number of amides is 1. The maximum absolute atomic E-state index is 12.8. The highest BCUT2D eigenvalue weighted by atomic mass is 16.1. The van der Waals surface area contributed by atoms with Gasteiger partial charge in [-0.1, -0.05) is 42.0 Å². The van der Waals surface area contributed by atoms with Gasteiger partial charge in [0, 0.05) is 17.3 Å². The molecule has 0 atom stereocenters. The first-order valence-electron chi connectivity index (χ1n) is 9.77. The van der Waals surface area contributed by atoms with Gasteiger partial charge in [-0.3, -0.25) is 9.48 Å². The van der Waals surface area contributed by atoms with Gasteiger partial charge in [0.2, 0.25) is 0 Å². The van der Waals surface area contributed by atoms with E-state index in [1.807, 2.05) is 38.2 Å². The largest absolute Gasteiger partial charge is 0.319 e. The van der Waals surface area contributed by atoms with Crippen molar-refractivity contribution in [2.45, 2.75) is 33.4 Å². The Kier molecular flexibility index (Phi) is 5.38. The minimum absolute atomic E-state index is 0.117. The second-order valence-corrected chi connectivity index (χ2v) is 7.49. The van der Waals surface area contributed by atoms with Crippen molar-refractivity contribution in [1.82, 2.24) is 30.0 Å². The average Bonchev–Trinajstić information content (AvgIpc) is 3.38. The number of rotatable bonds is 6. The number of anilines is 1. The number of aromatic nitrogens is 6. The average molecular weight is 401 g/mol. The highest BCUT2D eigenvalue weighted by Crippen LogP contribution is 2.21. The van der Waals surface area contributed by atoms with Gasteiger partial charge in [0.25, 0.3) is 5.91 Å². The highest BCUT2D eigenvalue weighted by molar-refractivity contribution is 6.04. The van der Waals surface area contributed by atoms with Crippen LogP contribution in [0.5, 0.6) is 0 Å². The summed E-state index contributed by atoms with van der Waals surface area (Å²) in [5.41, 5.74) is 4.32. The van der Waals surface area contributed by atoms with Gasteiger partial charge in [0.15, 0.2) is 5.82 Å². The summed E-state index contributed by atoms with van der Waals surface area (Å²) in [4.78, 5) is 12.8. The fourth-order valence-electron chi connectivity index (χ4n) is 3.25. The molecule has 1 amide bonds. The maximum atomic E-state index is 12.8. The second-order valence-electron chi connectivity index (χ2n) is 7.49. The molecule has 2 aromatic carbocycles. The molecule has 0 aliphatic carbocycles. The van der Waals surface area contributed by atoms with E-state index in [-0.39, 0.29) is 11.9 Å². The molecule has 2 heterocycles. The number of carbonyl (C=O) groups excluding carboxylic acids is 1. The quantitative estimate of drug-likeness (QED) is 0.532. The van der Waals surface area contributed by atoms with E-state index in [0.29, 0.717) is 23.6 Å². The van der Waals surface area contributed by atoms with Gasteiger partial charge in [-0.05, 0) is 48.9 Å². The minimum Gasteiger partial charge on any atom is -0.319 e. The normalized spacial score (nSPS) is 11.1. The van der Waals surface area contributed by atoms with E-state index in [1.165, 1.54) is 5.56 Å². The Labute approximate surface area is 174 Å². The molecular formula is C22H23N7O. The molecule has 0 spiro atoms. The van der Waals surface area contributed by atoms with Crippen molar-refractivity contribution in [2.75, 3.05) is 5.32 Å². The van der Waals surface area contributed by atoms with E-state index in [0.717, 1.165) is 11.1 Å². The van der Waals surface area contributed by atoms with Crippen molar-refractivity contribution in [3.8, 4) is 11.4 Å². The molecule has 0 saturated carbocycles. The molecule has 0 aliphatic heterocycles. The topological polar surface area (TPSA) is 90.5 Å². The summed E-state index contributed by atoms with van der Waals surface area (Å²) >= 11 is 0. The van der Waals surface area contributed by atoms with Gasteiger partial charge < -0.3 is 5.32 Å². The molecule has 2 aromatic heterocycles. The van der Waals surface area contributed by atoms with Crippen LogP contribution in [-0.4, -0.2) is 35.9 Å². The van der Waals surface area contributed by atoms with E-state index in [1.54, 1.807) is 27.7 Å². The third-order valence-corrected chi connectivity index (χ3v) is 4.68. The predicted octanol–water partition coefficient (Wildman–Crippen LogP) is 3.73. The van der Waals surface area contributed by atoms with Crippen LogP contribution in [0.2, 0.25) is 0 Å². The maximum Gasteiger partial charge on any atom is 0.255 e. The van der Waals surface area contributed by atoms with Gasteiger partial charge >= 0.3 is 0 Å². The lowest BCUT2D eigenvalue weighted by Crippen LogP contribution is -2.12. The van der Waals surface area contributed by atoms with Crippen LogP contribution in [0.3, 0.4) is 0 Å². The van der Waals surface area contributed by atoms with Crippen molar-refractivity contribution in [2.24, 2.45) is 0 Å². The number of hydrogen-bond donors (Lipinski definition) is 1. The summed E-state index contributed by atoms with van der Waals surface area (Å²) in [6.45, 7) is 6.71. The van der Waals surface area contributed by atoms with Crippen LogP contribution >= 0.6 is 0 Å². The molecule has 4 aromatic rings. The van der Waals surface area contributed by atoms with Crippen LogP contribution in [0.1, 0.15) is 41.4 Å². The van der Waals surface area contributed by atoms with Crippen molar-refractivity contribution in [1.29, 1.82) is 0 Å². The molecule has 4 rings (SSSR count). The summed E-state index contributed by atoms with van der Waals surface area (Å²) in [6.07, 6.45) is 3.47. The zero-order chi connectivity index (χ0) is 21.1. The lowest BCUT2D eigenvalue weighted by molar-refractivity contribution is 0.102.